The first kappa shape index (κ1) is 10.6. The minimum atomic E-state index is -0.795. The fraction of sp³-hybridized carbons (Fsp3) is 0.571. The molecule has 0 saturated heterocycles. The first-order valence-electron chi connectivity index (χ1n) is 3.38. The van der Waals surface area contributed by atoms with Gasteiger partial charge in [0.15, 0.2) is 0 Å². The fourth-order valence-corrected chi connectivity index (χ4v) is 0.659. The first-order valence-corrected chi connectivity index (χ1v) is 3.38. The highest BCUT2D eigenvalue weighted by atomic mass is 16.6. The largest absolute Gasteiger partial charge is 0.466 e. The highest BCUT2D eigenvalue weighted by molar-refractivity contribution is 5.87. The van der Waals surface area contributed by atoms with Crippen LogP contribution >= 0.6 is 0 Å². The summed E-state index contributed by atoms with van der Waals surface area (Å²) in [6.07, 6.45) is 0.0275. The summed E-state index contributed by atoms with van der Waals surface area (Å²) in [5, 5.41) is 10.2. The zero-order valence-electron chi connectivity index (χ0n) is 7.07. The van der Waals surface area contributed by atoms with Crippen molar-refractivity contribution >= 4 is 5.97 Å². The quantitative estimate of drug-likeness (QED) is 0.272. The third-order valence-corrected chi connectivity index (χ3v) is 1.38. The first-order chi connectivity index (χ1) is 5.49. The second-order valence-corrected chi connectivity index (χ2v) is 2.43. The van der Waals surface area contributed by atoms with Crippen LogP contribution in [0.5, 0.6) is 0 Å². The molecule has 5 nitrogen and oxygen atoms in total. The van der Waals surface area contributed by atoms with E-state index in [1.807, 2.05) is 0 Å². The number of rotatable bonds is 4. The number of hydrogen-bond acceptors (Lipinski definition) is 4. The second kappa shape index (κ2) is 4.48. The Morgan fingerprint density at radius 3 is 2.58 bits per heavy atom. The molecule has 1 unspecified atom stereocenters. The highest BCUT2D eigenvalue weighted by Crippen LogP contribution is 2.06. The summed E-state index contributed by atoms with van der Waals surface area (Å²) in [6.45, 7) is 4.78. The molecule has 0 radical (unpaired) electrons. The Morgan fingerprint density at radius 1 is 1.75 bits per heavy atom. The molecular weight excluding hydrogens is 162 g/mol. The van der Waals surface area contributed by atoms with E-state index in [0.29, 0.717) is 0 Å². The lowest BCUT2D eigenvalue weighted by Crippen LogP contribution is -2.18. The number of carbonyl (C=O) groups excluding carboxylic acids is 1. The van der Waals surface area contributed by atoms with E-state index >= 15 is 0 Å². The van der Waals surface area contributed by atoms with Crippen molar-refractivity contribution in [3.63, 3.8) is 0 Å². The van der Waals surface area contributed by atoms with Gasteiger partial charge in [-0.15, -0.1) is 0 Å². The van der Waals surface area contributed by atoms with Crippen LogP contribution in [0.4, 0.5) is 0 Å². The number of methoxy groups -OCH3 is 1. The van der Waals surface area contributed by atoms with Gasteiger partial charge in [-0.1, -0.05) is 6.58 Å². The number of ether oxygens (including phenoxy) is 1. The Bertz CT molecular complexity index is 211. The van der Waals surface area contributed by atoms with Gasteiger partial charge in [0.1, 0.15) is 0 Å². The molecule has 0 saturated carbocycles. The van der Waals surface area contributed by atoms with Crippen molar-refractivity contribution in [2.24, 2.45) is 0 Å². The minimum Gasteiger partial charge on any atom is -0.466 e. The molecule has 0 aromatic rings. The number of carbonyl (C=O) groups is 1. The number of esters is 1. The van der Waals surface area contributed by atoms with Gasteiger partial charge in [0.2, 0.25) is 6.04 Å². The van der Waals surface area contributed by atoms with Crippen LogP contribution in [0.1, 0.15) is 13.3 Å². The predicted octanol–water partition coefficient (Wildman–Crippen LogP) is 0.771. The molecule has 68 valence electrons. The van der Waals surface area contributed by atoms with Gasteiger partial charge < -0.3 is 4.74 Å². The summed E-state index contributed by atoms with van der Waals surface area (Å²) in [4.78, 5) is 20.4. The summed E-state index contributed by atoms with van der Waals surface area (Å²) in [5.74, 6) is -0.594. The molecule has 0 aliphatic heterocycles. The summed E-state index contributed by atoms with van der Waals surface area (Å²) < 4.78 is 4.33. The monoisotopic (exact) mass is 173 g/mol. The van der Waals surface area contributed by atoms with Gasteiger partial charge in [-0.2, -0.15) is 0 Å². The third kappa shape index (κ3) is 3.14. The van der Waals surface area contributed by atoms with E-state index in [2.05, 4.69) is 11.3 Å². The van der Waals surface area contributed by atoms with Crippen LogP contribution < -0.4 is 0 Å². The topological polar surface area (TPSA) is 69.4 Å². The molecule has 0 aliphatic rings. The Hall–Kier alpha value is -1.39. The summed E-state index contributed by atoms with van der Waals surface area (Å²) >= 11 is 0. The van der Waals surface area contributed by atoms with Crippen LogP contribution in [-0.2, 0) is 9.53 Å². The number of nitro groups is 1. The Kier molecular flexibility index (Phi) is 3.96. The van der Waals surface area contributed by atoms with Gasteiger partial charge in [0.05, 0.1) is 7.11 Å². The SMILES string of the molecule is C=C(CC(C)[N+](=O)[O-])C(=O)OC. The van der Waals surface area contributed by atoms with Crippen LogP contribution in [0.3, 0.4) is 0 Å². The molecule has 0 aliphatic carbocycles. The van der Waals surface area contributed by atoms with Crippen LogP contribution in [0.15, 0.2) is 12.2 Å². The lowest BCUT2D eigenvalue weighted by Gasteiger charge is -2.04. The summed E-state index contributed by atoms with van der Waals surface area (Å²) in [5.41, 5.74) is 0.127. The normalized spacial score (nSPS) is 11.8. The standard InChI is InChI=1S/C7H11NO4/c1-5(7(9)12-3)4-6(2)8(10)11/h6H,1,4H2,2-3H3. The summed E-state index contributed by atoms with van der Waals surface area (Å²) in [6, 6.07) is -0.795. The molecule has 0 heterocycles. The highest BCUT2D eigenvalue weighted by Gasteiger charge is 2.18. The van der Waals surface area contributed by atoms with Crippen molar-refractivity contribution in [1.82, 2.24) is 0 Å². The molecule has 0 spiro atoms. The lowest BCUT2D eigenvalue weighted by atomic mass is 10.1. The fourth-order valence-electron chi connectivity index (χ4n) is 0.659. The molecule has 0 rings (SSSR count). The third-order valence-electron chi connectivity index (χ3n) is 1.38. The van der Waals surface area contributed by atoms with E-state index in [4.69, 9.17) is 0 Å². The maximum atomic E-state index is 10.7. The van der Waals surface area contributed by atoms with Crippen molar-refractivity contribution in [2.45, 2.75) is 19.4 Å². The maximum absolute atomic E-state index is 10.7. The predicted molar refractivity (Wildman–Crippen MR) is 42.2 cm³/mol. The van der Waals surface area contributed by atoms with E-state index in [-0.39, 0.29) is 12.0 Å². The molecule has 0 amide bonds. The molecule has 0 bridgehead atoms. The molecule has 0 fully saturated rings. The Balaban J connectivity index is 4.01. The number of hydrogen-bond donors (Lipinski definition) is 0. The smallest absolute Gasteiger partial charge is 0.333 e. The van der Waals surface area contributed by atoms with Crippen LogP contribution in [0, 0.1) is 10.1 Å². The maximum Gasteiger partial charge on any atom is 0.333 e. The van der Waals surface area contributed by atoms with Gasteiger partial charge in [0, 0.05) is 23.8 Å². The van der Waals surface area contributed by atoms with Gasteiger partial charge in [0.25, 0.3) is 0 Å². The van der Waals surface area contributed by atoms with Gasteiger partial charge in [-0.3, -0.25) is 10.1 Å². The summed E-state index contributed by atoms with van der Waals surface area (Å²) in [7, 11) is 1.21. The Morgan fingerprint density at radius 2 is 2.25 bits per heavy atom. The van der Waals surface area contributed by atoms with Gasteiger partial charge >= 0.3 is 5.97 Å². The zero-order chi connectivity index (χ0) is 9.72. The van der Waals surface area contributed by atoms with Crippen LogP contribution in [0.2, 0.25) is 0 Å². The van der Waals surface area contributed by atoms with Gasteiger partial charge in [-0.25, -0.2) is 4.79 Å². The van der Waals surface area contributed by atoms with Gasteiger partial charge in [-0.05, 0) is 0 Å². The van der Waals surface area contributed by atoms with E-state index in [0.717, 1.165) is 0 Å². The molecule has 12 heavy (non-hydrogen) atoms. The number of nitrogens with zero attached hydrogens (tertiary/aromatic N) is 1. The van der Waals surface area contributed by atoms with Crippen molar-refractivity contribution < 1.29 is 14.5 Å². The van der Waals surface area contributed by atoms with Crippen molar-refractivity contribution in [2.75, 3.05) is 7.11 Å². The second-order valence-electron chi connectivity index (χ2n) is 2.43. The van der Waals surface area contributed by atoms with Crippen LogP contribution in [-0.4, -0.2) is 24.0 Å². The van der Waals surface area contributed by atoms with E-state index < -0.39 is 16.9 Å². The molecule has 0 N–H and O–H groups in total. The van der Waals surface area contributed by atoms with E-state index in [1.165, 1.54) is 14.0 Å². The average Bonchev–Trinajstić information content (AvgIpc) is 2.02. The molecule has 1 atom stereocenters. The average molecular weight is 173 g/mol. The minimum absolute atomic E-state index is 0.0275. The Labute approximate surface area is 70.2 Å². The van der Waals surface area contributed by atoms with E-state index in [1.54, 1.807) is 0 Å². The molecular formula is C7H11NO4. The van der Waals surface area contributed by atoms with Crippen molar-refractivity contribution in [3.8, 4) is 0 Å². The van der Waals surface area contributed by atoms with Crippen LogP contribution in [0.25, 0.3) is 0 Å². The van der Waals surface area contributed by atoms with E-state index in [9.17, 15) is 14.9 Å². The molecule has 0 aromatic carbocycles. The molecule has 5 heteroatoms. The van der Waals surface area contributed by atoms with Crippen molar-refractivity contribution in [1.29, 1.82) is 0 Å². The zero-order valence-corrected chi connectivity index (χ0v) is 7.07. The van der Waals surface area contributed by atoms with Crippen molar-refractivity contribution in [3.05, 3.63) is 22.3 Å². The molecule has 0 aromatic heterocycles. The lowest BCUT2D eigenvalue weighted by molar-refractivity contribution is -0.517.